The molecule has 6 aromatic carbocycles. The Labute approximate surface area is 309 Å². The second-order valence-electron chi connectivity index (χ2n) is 10.5. The molecule has 0 amide bonds. The predicted octanol–water partition coefficient (Wildman–Crippen LogP) is 12.1. The lowest BCUT2D eigenvalue weighted by Crippen LogP contribution is -2.04. The van der Waals surface area contributed by atoms with Gasteiger partial charge < -0.3 is 0 Å². The third-order valence-electron chi connectivity index (χ3n) is 7.69. The van der Waals surface area contributed by atoms with Crippen LogP contribution in [0.4, 0.5) is 0 Å². The minimum atomic E-state index is 0.196. The Bertz CT molecular complexity index is 1540. The molecule has 43 heavy (non-hydrogen) atoms. The SMILES string of the molecule is Ic1ccc(C(c2ccc(I)cc2)c2ccc([CH+]c3ccc(C(c4ccc(I)cc4)c4ccc(I)cc4)cc3)cc2)cc1. The zero-order chi connectivity index (χ0) is 29.8. The molecule has 0 spiro atoms. The summed E-state index contributed by atoms with van der Waals surface area (Å²) in [5.41, 5.74) is 10.2. The maximum Gasteiger partial charge on any atom is 0.0725 e. The van der Waals surface area contributed by atoms with Crippen molar-refractivity contribution < 1.29 is 0 Å². The number of hydrogen-bond donors (Lipinski definition) is 0. The summed E-state index contributed by atoms with van der Waals surface area (Å²) in [6, 6.07) is 53.7. The summed E-state index contributed by atoms with van der Waals surface area (Å²) in [4.78, 5) is 0. The Hall–Kier alpha value is -1.89. The van der Waals surface area contributed by atoms with Crippen LogP contribution in [0.1, 0.15) is 56.3 Å². The van der Waals surface area contributed by atoms with E-state index >= 15 is 0 Å². The van der Waals surface area contributed by atoms with Crippen LogP contribution in [0.5, 0.6) is 0 Å². The van der Waals surface area contributed by atoms with Gasteiger partial charge in [0, 0.05) is 56.8 Å². The van der Waals surface area contributed by atoms with Gasteiger partial charge in [-0.1, -0.05) is 48.5 Å². The molecule has 0 unspecified atom stereocenters. The Balaban J connectivity index is 1.24. The van der Waals surface area contributed by atoms with Crippen LogP contribution in [0.3, 0.4) is 0 Å². The average Bonchev–Trinajstić information content (AvgIpc) is 3.03. The van der Waals surface area contributed by atoms with Gasteiger partial charge in [-0.3, -0.25) is 0 Å². The lowest BCUT2D eigenvalue weighted by atomic mass is 9.84. The summed E-state index contributed by atoms with van der Waals surface area (Å²) in [7, 11) is 0. The molecule has 0 fully saturated rings. The molecule has 6 aromatic rings. The molecule has 210 valence electrons. The van der Waals surface area contributed by atoms with E-state index in [1.165, 1.54) is 58.8 Å². The van der Waals surface area contributed by atoms with Crippen LogP contribution in [0.25, 0.3) is 0 Å². The van der Waals surface area contributed by atoms with Gasteiger partial charge in [0.1, 0.15) is 0 Å². The molecule has 0 saturated heterocycles. The van der Waals surface area contributed by atoms with Gasteiger partial charge in [-0.15, -0.1) is 0 Å². The van der Waals surface area contributed by atoms with Crippen molar-refractivity contribution in [1.82, 2.24) is 0 Å². The van der Waals surface area contributed by atoms with Crippen LogP contribution in [0, 0.1) is 20.7 Å². The first kappa shape index (κ1) is 31.1. The van der Waals surface area contributed by atoms with Crippen LogP contribution in [-0.4, -0.2) is 0 Å². The molecular weight excluding hydrogens is 976 g/mol. The van der Waals surface area contributed by atoms with E-state index in [9.17, 15) is 0 Å². The second kappa shape index (κ2) is 14.5. The molecule has 0 N–H and O–H groups in total. The van der Waals surface area contributed by atoms with Crippen LogP contribution in [-0.2, 0) is 0 Å². The highest BCUT2D eigenvalue weighted by atomic mass is 127. The smallest absolute Gasteiger partial charge is 0.0570 e. The normalized spacial score (nSPS) is 11.2. The van der Waals surface area contributed by atoms with E-state index in [4.69, 9.17) is 0 Å². The van der Waals surface area contributed by atoms with E-state index in [2.05, 4.69) is 242 Å². The van der Waals surface area contributed by atoms with Gasteiger partial charge in [-0.25, -0.2) is 0 Å². The van der Waals surface area contributed by atoms with Crippen molar-refractivity contribution in [3.05, 3.63) is 211 Å². The van der Waals surface area contributed by atoms with Gasteiger partial charge in [-0.05, 0) is 197 Å². The van der Waals surface area contributed by atoms with Gasteiger partial charge in [0.25, 0.3) is 0 Å². The molecule has 4 heteroatoms. The van der Waals surface area contributed by atoms with Crippen molar-refractivity contribution in [2.45, 2.75) is 11.8 Å². The van der Waals surface area contributed by atoms with Crippen LogP contribution in [0.15, 0.2) is 146 Å². The molecule has 0 atom stereocenters. The Morgan fingerprint density at radius 2 is 0.465 bits per heavy atom. The van der Waals surface area contributed by atoms with Gasteiger partial charge in [0.05, 0.1) is 11.1 Å². The minimum Gasteiger partial charge on any atom is -0.0570 e. The molecule has 0 aliphatic carbocycles. The standard InChI is InChI=1S/C39H27I4/c40-34-17-9-30(10-18-34)38(31-11-19-35(41)20-12-31)28-5-1-26(2-6-28)25-27-3-7-29(8-4-27)39(32-13-21-36(42)22-14-32)33-15-23-37(43)24-16-33/h1-25,38-39H/q+1. The zero-order valence-corrected chi connectivity index (χ0v) is 31.7. The molecule has 0 aliphatic heterocycles. The maximum absolute atomic E-state index is 2.38. The highest BCUT2D eigenvalue weighted by molar-refractivity contribution is 14.1. The van der Waals surface area contributed by atoms with Crippen LogP contribution >= 0.6 is 90.4 Å². The summed E-state index contributed by atoms with van der Waals surface area (Å²) in [5.74, 6) is 0.392. The Morgan fingerprint density at radius 3 is 0.674 bits per heavy atom. The lowest BCUT2D eigenvalue weighted by Gasteiger charge is -2.19. The summed E-state index contributed by atoms with van der Waals surface area (Å²) in [5, 5.41) is 0. The fourth-order valence-corrected chi connectivity index (χ4v) is 6.98. The van der Waals surface area contributed by atoms with Crippen molar-refractivity contribution in [3.8, 4) is 0 Å². The van der Waals surface area contributed by atoms with E-state index in [-0.39, 0.29) is 11.8 Å². The molecule has 0 heterocycles. The second-order valence-corrected chi connectivity index (χ2v) is 15.5. The van der Waals surface area contributed by atoms with Gasteiger partial charge in [0.15, 0.2) is 0 Å². The monoisotopic (exact) mass is 1000 g/mol. The minimum absolute atomic E-state index is 0.196. The molecule has 0 aromatic heterocycles. The fraction of sp³-hybridized carbons (Fsp3) is 0.0513. The lowest BCUT2D eigenvalue weighted by molar-refractivity contribution is 0.973. The summed E-state index contributed by atoms with van der Waals surface area (Å²) in [6.45, 7) is 0. The molecular formula is C39H27I4+. The summed E-state index contributed by atoms with van der Waals surface area (Å²) >= 11 is 9.50. The van der Waals surface area contributed by atoms with Crippen LogP contribution in [0.2, 0.25) is 0 Å². The molecule has 0 saturated carbocycles. The quantitative estimate of drug-likeness (QED) is 0.0810. The predicted molar refractivity (Wildman–Crippen MR) is 214 cm³/mol. The third-order valence-corrected chi connectivity index (χ3v) is 10.6. The molecule has 0 nitrogen and oxygen atoms in total. The number of benzene rings is 6. The van der Waals surface area contributed by atoms with Gasteiger partial charge in [0.2, 0.25) is 0 Å². The molecule has 0 radical (unpaired) electrons. The first-order valence-electron chi connectivity index (χ1n) is 14.0. The fourth-order valence-electron chi connectivity index (χ4n) is 5.54. The van der Waals surface area contributed by atoms with E-state index in [0.29, 0.717) is 0 Å². The van der Waals surface area contributed by atoms with E-state index in [1.807, 2.05) is 0 Å². The third kappa shape index (κ3) is 7.86. The van der Waals surface area contributed by atoms with Crippen molar-refractivity contribution in [1.29, 1.82) is 0 Å². The van der Waals surface area contributed by atoms with Gasteiger partial charge in [-0.2, -0.15) is 0 Å². The molecule has 6 rings (SSSR count). The van der Waals surface area contributed by atoms with E-state index in [0.717, 1.165) is 0 Å². The highest BCUT2D eigenvalue weighted by Crippen LogP contribution is 2.35. The van der Waals surface area contributed by atoms with Crippen molar-refractivity contribution in [2.75, 3.05) is 0 Å². The number of halogens is 4. The van der Waals surface area contributed by atoms with E-state index in [1.54, 1.807) is 0 Å². The zero-order valence-electron chi connectivity index (χ0n) is 23.1. The first-order valence-corrected chi connectivity index (χ1v) is 18.3. The van der Waals surface area contributed by atoms with Crippen molar-refractivity contribution in [3.63, 3.8) is 0 Å². The van der Waals surface area contributed by atoms with E-state index < -0.39 is 0 Å². The Morgan fingerprint density at radius 1 is 0.279 bits per heavy atom. The highest BCUT2D eigenvalue weighted by Gasteiger charge is 2.20. The molecule has 0 bridgehead atoms. The largest absolute Gasteiger partial charge is 0.0725 e. The number of rotatable bonds is 8. The Kier molecular flexibility index (Phi) is 10.5. The topological polar surface area (TPSA) is 0 Å². The average molecular weight is 1000 g/mol. The van der Waals surface area contributed by atoms with Crippen molar-refractivity contribution in [2.24, 2.45) is 0 Å². The number of hydrogen-bond acceptors (Lipinski definition) is 0. The molecule has 0 aliphatic rings. The first-order chi connectivity index (χ1) is 20.9. The summed E-state index contributed by atoms with van der Waals surface area (Å²) < 4.78 is 5.01. The summed E-state index contributed by atoms with van der Waals surface area (Å²) in [6.07, 6.45) is 2.27. The maximum atomic E-state index is 2.38. The van der Waals surface area contributed by atoms with Crippen molar-refractivity contribution >= 4 is 90.4 Å². The van der Waals surface area contributed by atoms with Crippen LogP contribution < -0.4 is 0 Å². The van der Waals surface area contributed by atoms with Gasteiger partial charge >= 0.3 is 0 Å².